The Balaban J connectivity index is 0.00000121. The van der Waals surface area contributed by atoms with Crippen LogP contribution in [0.5, 0.6) is 0 Å². The van der Waals surface area contributed by atoms with E-state index in [2.05, 4.69) is 27.6 Å². The summed E-state index contributed by atoms with van der Waals surface area (Å²) in [4.78, 5) is 3.90. The van der Waals surface area contributed by atoms with Gasteiger partial charge in [-0.3, -0.25) is 5.41 Å². The van der Waals surface area contributed by atoms with E-state index < -0.39 is 0 Å². The highest BCUT2D eigenvalue weighted by atomic mass is 127. The standard InChI is InChI=1S/C6H7IN4.ClH/c7-3-1-4(8)5(6(9)10)11-2-3;/h1-2H,8H2,(H3,9,10);1H. The molecule has 1 rings (SSSR count). The van der Waals surface area contributed by atoms with Crippen molar-refractivity contribution in [1.82, 2.24) is 4.98 Å². The predicted molar refractivity (Wildman–Crippen MR) is 59.6 cm³/mol. The van der Waals surface area contributed by atoms with Crippen LogP contribution in [0, 0.1) is 8.98 Å². The molecule has 12 heavy (non-hydrogen) atoms. The Hall–Kier alpha value is -0.560. The number of nitrogens with zero attached hydrogens (tertiary/aromatic N) is 1. The van der Waals surface area contributed by atoms with Gasteiger partial charge in [0.05, 0.1) is 5.69 Å². The summed E-state index contributed by atoms with van der Waals surface area (Å²) in [6.07, 6.45) is 1.62. The van der Waals surface area contributed by atoms with Gasteiger partial charge in [0.25, 0.3) is 0 Å². The summed E-state index contributed by atoms with van der Waals surface area (Å²) in [7, 11) is 0. The lowest BCUT2D eigenvalue weighted by atomic mass is 10.3. The maximum atomic E-state index is 7.08. The summed E-state index contributed by atoms with van der Waals surface area (Å²) >= 11 is 2.09. The third kappa shape index (κ3) is 2.49. The van der Waals surface area contributed by atoms with Crippen molar-refractivity contribution in [2.45, 2.75) is 0 Å². The van der Waals surface area contributed by atoms with E-state index in [-0.39, 0.29) is 18.2 Å². The molecule has 66 valence electrons. The van der Waals surface area contributed by atoms with Crippen LogP contribution < -0.4 is 11.5 Å². The lowest BCUT2D eigenvalue weighted by Gasteiger charge is -2.01. The number of nitrogens with two attached hydrogens (primary N) is 2. The van der Waals surface area contributed by atoms with E-state index >= 15 is 0 Å². The van der Waals surface area contributed by atoms with Crippen molar-refractivity contribution in [3.63, 3.8) is 0 Å². The van der Waals surface area contributed by atoms with E-state index in [9.17, 15) is 0 Å². The molecule has 0 bridgehead atoms. The fraction of sp³-hybridized carbons (Fsp3) is 0. The van der Waals surface area contributed by atoms with Gasteiger partial charge in [0.2, 0.25) is 0 Å². The van der Waals surface area contributed by atoms with Crippen molar-refractivity contribution in [3.05, 3.63) is 21.5 Å². The van der Waals surface area contributed by atoms with Gasteiger partial charge < -0.3 is 11.5 Å². The normalized spacial score (nSPS) is 8.75. The summed E-state index contributed by atoms with van der Waals surface area (Å²) in [5.41, 5.74) is 11.5. The maximum Gasteiger partial charge on any atom is 0.143 e. The molecule has 0 aliphatic rings. The van der Waals surface area contributed by atoms with Gasteiger partial charge in [-0.2, -0.15) is 0 Å². The average molecular weight is 299 g/mol. The number of anilines is 1. The number of nitrogens with one attached hydrogen (secondary N) is 1. The van der Waals surface area contributed by atoms with Crippen molar-refractivity contribution in [1.29, 1.82) is 5.41 Å². The topological polar surface area (TPSA) is 88.8 Å². The molecule has 0 saturated carbocycles. The highest BCUT2D eigenvalue weighted by Crippen LogP contribution is 2.11. The third-order valence-electron chi connectivity index (χ3n) is 1.14. The van der Waals surface area contributed by atoms with Crippen LogP contribution in [0.2, 0.25) is 0 Å². The molecule has 1 aromatic rings. The molecule has 5 N–H and O–H groups in total. The summed E-state index contributed by atoms with van der Waals surface area (Å²) < 4.78 is 0.935. The minimum atomic E-state index is -0.0982. The van der Waals surface area contributed by atoms with E-state index in [1.54, 1.807) is 12.3 Å². The monoisotopic (exact) mass is 298 g/mol. The molecule has 0 fully saturated rings. The van der Waals surface area contributed by atoms with E-state index in [1.165, 1.54) is 0 Å². The van der Waals surface area contributed by atoms with E-state index in [0.717, 1.165) is 3.57 Å². The van der Waals surface area contributed by atoms with Crippen LogP contribution in [0.3, 0.4) is 0 Å². The van der Waals surface area contributed by atoms with Gasteiger partial charge in [-0.05, 0) is 28.7 Å². The molecule has 6 heteroatoms. The number of rotatable bonds is 1. The zero-order valence-electron chi connectivity index (χ0n) is 6.04. The number of pyridine rings is 1. The predicted octanol–water partition coefficient (Wildman–Crippen LogP) is 0.974. The van der Waals surface area contributed by atoms with Crippen molar-refractivity contribution >= 4 is 46.5 Å². The Morgan fingerprint density at radius 2 is 2.17 bits per heavy atom. The second-order valence-corrected chi connectivity index (χ2v) is 3.25. The second kappa shape index (κ2) is 4.46. The van der Waals surface area contributed by atoms with Gasteiger partial charge in [-0.25, -0.2) is 4.98 Å². The van der Waals surface area contributed by atoms with Gasteiger partial charge in [-0.15, -0.1) is 12.4 Å². The number of nitrogen functional groups attached to an aromatic ring is 2. The Morgan fingerprint density at radius 3 is 2.58 bits per heavy atom. The number of hydrogen-bond donors (Lipinski definition) is 3. The molecule has 0 aromatic carbocycles. The molecule has 1 heterocycles. The molecule has 0 aliphatic carbocycles. The maximum absolute atomic E-state index is 7.08. The molecule has 0 amide bonds. The van der Waals surface area contributed by atoms with Gasteiger partial charge in [0.1, 0.15) is 11.5 Å². The SMILES string of the molecule is Cl.N=C(N)c1ncc(I)cc1N. The molecule has 4 nitrogen and oxygen atoms in total. The van der Waals surface area contributed by atoms with Gasteiger partial charge in [0.15, 0.2) is 0 Å². The quantitative estimate of drug-likeness (QED) is 0.410. The molecule has 0 radical (unpaired) electrons. The zero-order valence-corrected chi connectivity index (χ0v) is 9.02. The first-order valence-corrected chi connectivity index (χ1v) is 3.94. The highest BCUT2D eigenvalue weighted by molar-refractivity contribution is 14.1. The summed E-state index contributed by atoms with van der Waals surface area (Å²) in [6, 6.07) is 1.73. The molecular weight excluding hydrogens is 290 g/mol. The first kappa shape index (κ1) is 11.4. The molecule has 0 spiro atoms. The summed E-state index contributed by atoms with van der Waals surface area (Å²) in [6.45, 7) is 0. The van der Waals surface area contributed by atoms with Gasteiger partial charge >= 0.3 is 0 Å². The third-order valence-corrected chi connectivity index (χ3v) is 1.73. The second-order valence-electron chi connectivity index (χ2n) is 2.01. The molecular formula is C6H8ClIN4. The number of amidine groups is 1. The first-order chi connectivity index (χ1) is 5.11. The summed E-state index contributed by atoms with van der Waals surface area (Å²) in [5.74, 6) is -0.0982. The van der Waals surface area contributed by atoms with Crippen LogP contribution in [-0.2, 0) is 0 Å². The van der Waals surface area contributed by atoms with Crippen LogP contribution in [0.4, 0.5) is 5.69 Å². The minimum absolute atomic E-state index is 0. The van der Waals surface area contributed by atoms with Gasteiger partial charge in [0, 0.05) is 9.77 Å². The highest BCUT2D eigenvalue weighted by Gasteiger charge is 2.02. The van der Waals surface area contributed by atoms with E-state index in [1.807, 2.05) is 0 Å². The Kier molecular flexibility index (Phi) is 4.25. The van der Waals surface area contributed by atoms with Crippen molar-refractivity contribution in [2.24, 2.45) is 5.73 Å². The number of halogens is 2. The Labute approximate surface area is 89.8 Å². The van der Waals surface area contributed by atoms with Crippen molar-refractivity contribution in [2.75, 3.05) is 5.73 Å². The Morgan fingerprint density at radius 1 is 1.58 bits per heavy atom. The molecule has 0 unspecified atom stereocenters. The van der Waals surface area contributed by atoms with Crippen LogP contribution in [0.15, 0.2) is 12.3 Å². The molecule has 0 saturated heterocycles. The van der Waals surface area contributed by atoms with Crippen LogP contribution >= 0.6 is 35.0 Å². The number of hydrogen-bond acceptors (Lipinski definition) is 3. The van der Waals surface area contributed by atoms with Crippen molar-refractivity contribution in [3.8, 4) is 0 Å². The van der Waals surface area contributed by atoms with Crippen LogP contribution in [0.1, 0.15) is 5.69 Å². The van der Waals surface area contributed by atoms with E-state index in [4.69, 9.17) is 16.9 Å². The minimum Gasteiger partial charge on any atom is -0.397 e. The molecule has 0 aliphatic heterocycles. The van der Waals surface area contributed by atoms with E-state index in [0.29, 0.717) is 11.4 Å². The van der Waals surface area contributed by atoms with Crippen LogP contribution in [-0.4, -0.2) is 10.8 Å². The van der Waals surface area contributed by atoms with Crippen molar-refractivity contribution < 1.29 is 0 Å². The zero-order chi connectivity index (χ0) is 8.43. The van der Waals surface area contributed by atoms with Crippen LogP contribution in [0.25, 0.3) is 0 Å². The summed E-state index contributed by atoms with van der Waals surface area (Å²) in [5, 5.41) is 7.08. The lowest BCUT2D eigenvalue weighted by molar-refractivity contribution is 1.25. The first-order valence-electron chi connectivity index (χ1n) is 2.86. The smallest absolute Gasteiger partial charge is 0.143 e. The fourth-order valence-electron chi connectivity index (χ4n) is 0.680. The number of aromatic nitrogens is 1. The lowest BCUT2D eigenvalue weighted by Crippen LogP contribution is -2.15. The molecule has 1 aromatic heterocycles. The fourth-order valence-corrected chi connectivity index (χ4v) is 1.15. The Bertz CT molecular complexity index is 302. The largest absolute Gasteiger partial charge is 0.397 e. The van der Waals surface area contributed by atoms with Gasteiger partial charge in [-0.1, -0.05) is 0 Å². The average Bonchev–Trinajstić information content (AvgIpc) is 1.85. The molecule has 0 atom stereocenters.